The molecule has 7 heteroatoms. The molecule has 0 saturated heterocycles. The summed E-state index contributed by atoms with van der Waals surface area (Å²) in [6, 6.07) is 7.43. The first kappa shape index (κ1) is 27.6. The first-order chi connectivity index (χ1) is 12.8. The zero-order chi connectivity index (χ0) is 20.1. The summed E-state index contributed by atoms with van der Waals surface area (Å²) < 4.78 is 46.8. The van der Waals surface area contributed by atoms with Gasteiger partial charge in [0.05, 0.1) is 18.7 Å². The largest absolute Gasteiger partial charge is 2.00 e. The Kier molecular flexibility index (Phi) is 11.7. The second-order valence-corrected chi connectivity index (χ2v) is 6.80. The summed E-state index contributed by atoms with van der Waals surface area (Å²) in [5.74, 6) is -3.13. The van der Waals surface area contributed by atoms with Crippen LogP contribution in [-0.2, 0) is 0 Å². The van der Waals surface area contributed by atoms with E-state index in [4.69, 9.17) is 4.74 Å². The molecule has 0 fully saturated rings. The van der Waals surface area contributed by atoms with Gasteiger partial charge < -0.3 is 17.3 Å². The molecule has 0 bridgehead atoms. The van der Waals surface area contributed by atoms with Crippen molar-refractivity contribution in [3.63, 3.8) is 0 Å². The zero-order valence-electron chi connectivity index (χ0n) is 16.8. The van der Waals surface area contributed by atoms with E-state index in [1.165, 1.54) is 31.0 Å². The number of rotatable bonds is 4. The Bertz CT molecular complexity index is 968. The van der Waals surface area contributed by atoms with Crippen LogP contribution >= 0.6 is 11.3 Å². The van der Waals surface area contributed by atoms with Crippen molar-refractivity contribution in [2.24, 2.45) is 0 Å². The molecule has 3 rings (SSSR count). The predicted molar refractivity (Wildman–Crippen MR) is 111 cm³/mol. The van der Waals surface area contributed by atoms with Gasteiger partial charge in [-0.15, -0.1) is 29.0 Å². The number of hydrogen-bond acceptors (Lipinski definition) is 3. The average molecular weight is 647 g/mol. The number of halogens is 3. The molecule has 0 unspecified atom stereocenters. The van der Waals surface area contributed by atoms with Crippen LogP contribution in [0.15, 0.2) is 30.8 Å². The standard InChI is InChI=1S/C17H10F3O2S.C4H10.CH3.U/c1-8(21)17-14(10-4-3-9(18)7-13(10)23-17)11-5-6-12(19)16(22-2)15(11)20;1-3-4-2;;/h3-4,6-7,21H,1H2,2H3;3-4H2,1-2H3;1H3;/q-1;;-1;+2. The number of thiophene rings is 1. The van der Waals surface area contributed by atoms with Gasteiger partial charge >= 0.3 is 31.1 Å². The monoisotopic (exact) mass is 646 g/mol. The smallest absolute Gasteiger partial charge is 0.510 e. The number of methoxy groups -OCH3 is 1. The van der Waals surface area contributed by atoms with E-state index in [-0.39, 0.29) is 60.3 Å². The summed E-state index contributed by atoms with van der Waals surface area (Å²) in [4.78, 5) is 0.259. The Labute approximate surface area is 197 Å². The van der Waals surface area contributed by atoms with Gasteiger partial charge in [0.1, 0.15) is 17.3 Å². The third-order valence-electron chi connectivity index (χ3n) is 3.85. The van der Waals surface area contributed by atoms with Crippen molar-refractivity contribution in [3.8, 4) is 16.9 Å². The summed E-state index contributed by atoms with van der Waals surface area (Å²) in [6.07, 6.45) is 2.64. The fraction of sp³-hybridized carbons (Fsp3) is 0.227. The number of aliphatic hydroxyl groups is 1. The van der Waals surface area contributed by atoms with E-state index >= 15 is 0 Å². The predicted octanol–water partition coefficient (Wildman–Crippen LogP) is 7.58. The molecule has 154 valence electrons. The minimum atomic E-state index is -0.945. The Hall–Kier alpha value is -1.42. The summed E-state index contributed by atoms with van der Waals surface area (Å²) in [5, 5.41) is 10.3. The van der Waals surface area contributed by atoms with E-state index in [1.807, 2.05) is 0 Å². The van der Waals surface area contributed by atoms with E-state index in [1.54, 1.807) is 0 Å². The van der Waals surface area contributed by atoms with E-state index < -0.39 is 23.2 Å². The van der Waals surface area contributed by atoms with Crippen LogP contribution in [0.2, 0.25) is 0 Å². The number of unbranched alkanes of at least 4 members (excludes halogenated alkanes) is 1. The fourth-order valence-corrected chi connectivity index (χ4v) is 3.48. The van der Waals surface area contributed by atoms with Gasteiger partial charge in [-0.2, -0.15) is 0 Å². The van der Waals surface area contributed by atoms with Crippen molar-refractivity contribution in [1.82, 2.24) is 0 Å². The van der Waals surface area contributed by atoms with Crippen molar-refractivity contribution in [2.75, 3.05) is 7.11 Å². The van der Waals surface area contributed by atoms with Gasteiger partial charge in [-0.05, 0) is 17.5 Å². The molecule has 2 nitrogen and oxygen atoms in total. The third kappa shape index (κ3) is 6.04. The molecule has 1 N–H and O–H groups in total. The van der Waals surface area contributed by atoms with Gasteiger partial charge in [-0.25, -0.2) is 4.39 Å². The van der Waals surface area contributed by atoms with Gasteiger partial charge in [0.2, 0.25) is 0 Å². The molecule has 2 aromatic carbocycles. The summed E-state index contributed by atoms with van der Waals surface area (Å²) >= 11 is 1.06. The second-order valence-electron chi connectivity index (χ2n) is 5.75. The Morgan fingerprint density at radius 3 is 2.34 bits per heavy atom. The van der Waals surface area contributed by atoms with Gasteiger partial charge in [-0.1, -0.05) is 44.9 Å². The number of fused-ring (bicyclic) bond motifs is 1. The number of aliphatic hydroxyl groups excluding tert-OH is 1. The van der Waals surface area contributed by atoms with Crippen molar-refractivity contribution in [2.45, 2.75) is 26.7 Å². The van der Waals surface area contributed by atoms with Crippen LogP contribution in [0.4, 0.5) is 13.2 Å². The SMILES string of the molecule is C=C(O)c1sc2cc(F)ccc2c1-c1[c-]cc(F)c(OC)c1F.CCCC.[CH3-].[U+2]. The zero-order valence-corrected chi connectivity index (χ0v) is 21.8. The van der Waals surface area contributed by atoms with E-state index in [2.05, 4.69) is 26.5 Å². The number of hydrogen-bond donors (Lipinski definition) is 1. The Balaban J connectivity index is 0.00000120. The molecule has 29 heavy (non-hydrogen) atoms. The van der Waals surface area contributed by atoms with Crippen LogP contribution < -0.4 is 4.74 Å². The molecule has 0 aliphatic rings. The first-order valence-electron chi connectivity index (χ1n) is 8.39. The summed E-state index contributed by atoms with van der Waals surface area (Å²) in [7, 11) is 1.15. The molecule has 0 aliphatic heterocycles. The molecular weight excluding hydrogens is 623 g/mol. The van der Waals surface area contributed by atoms with Gasteiger partial charge in [0, 0.05) is 9.58 Å². The molecule has 0 aliphatic carbocycles. The van der Waals surface area contributed by atoms with Gasteiger partial charge in [0.15, 0.2) is 0 Å². The van der Waals surface area contributed by atoms with E-state index in [9.17, 15) is 18.3 Å². The quantitative estimate of drug-likeness (QED) is 0.234. The van der Waals surface area contributed by atoms with Crippen molar-refractivity contribution < 1.29 is 54.1 Å². The maximum absolute atomic E-state index is 14.6. The van der Waals surface area contributed by atoms with Crippen LogP contribution in [0.3, 0.4) is 0 Å². The average Bonchev–Trinajstić information content (AvgIpc) is 3.01. The van der Waals surface area contributed by atoms with Crippen LogP contribution in [0.25, 0.3) is 27.0 Å². The molecule has 0 radical (unpaired) electrons. The minimum Gasteiger partial charge on any atom is -0.510 e. The van der Waals surface area contributed by atoms with Crippen molar-refractivity contribution in [3.05, 3.63) is 66.7 Å². The van der Waals surface area contributed by atoms with Crippen molar-refractivity contribution >= 4 is 27.2 Å². The van der Waals surface area contributed by atoms with E-state index in [0.717, 1.165) is 24.5 Å². The molecule has 0 amide bonds. The van der Waals surface area contributed by atoms with Crippen LogP contribution in [0.1, 0.15) is 31.6 Å². The molecule has 0 saturated carbocycles. The van der Waals surface area contributed by atoms with Crippen LogP contribution in [0.5, 0.6) is 5.75 Å². The second kappa shape index (κ2) is 12.3. The van der Waals surface area contributed by atoms with Gasteiger partial charge in [-0.3, -0.25) is 8.78 Å². The van der Waals surface area contributed by atoms with Crippen LogP contribution in [-0.4, -0.2) is 12.2 Å². The molecule has 1 aromatic heterocycles. The Morgan fingerprint density at radius 1 is 1.21 bits per heavy atom. The summed E-state index contributed by atoms with van der Waals surface area (Å²) in [6.45, 7) is 7.81. The molecule has 0 atom stereocenters. The third-order valence-corrected chi connectivity index (χ3v) is 5.05. The summed E-state index contributed by atoms with van der Waals surface area (Å²) in [5.41, 5.74) is 0.194. The van der Waals surface area contributed by atoms with Gasteiger partial charge in [0.25, 0.3) is 0 Å². The van der Waals surface area contributed by atoms with Crippen LogP contribution in [0, 0.1) is 62.1 Å². The topological polar surface area (TPSA) is 29.5 Å². The maximum atomic E-state index is 14.6. The normalized spacial score (nSPS) is 9.72. The Morgan fingerprint density at radius 2 is 1.83 bits per heavy atom. The molecule has 0 spiro atoms. The first-order valence-corrected chi connectivity index (χ1v) is 9.21. The molecule has 3 aromatic rings. The number of ether oxygens (including phenoxy) is 1. The van der Waals surface area contributed by atoms with Crippen molar-refractivity contribution in [1.29, 1.82) is 0 Å². The maximum Gasteiger partial charge on any atom is 2.00 e. The van der Waals surface area contributed by atoms with E-state index in [0.29, 0.717) is 10.1 Å². The molecule has 1 heterocycles. The molecular formula is C22H23F3O2SU. The fourth-order valence-electron chi connectivity index (χ4n) is 2.37. The number of benzene rings is 2. The minimum absolute atomic E-state index is 0.